The molecule has 0 spiro atoms. The summed E-state index contributed by atoms with van der Waals surface area (Å²) in [5.41, 5.74) is 2.14. The Balaban J connectivity index is 1.30. The van der Waals surface area contributed by atoms with E-state index in [9.17, 15) is 0 Å². The minimum atomic E-state index is 0.219. The lowest BCUT2D eigenvalue weighted by molar-refractivity contribution is 0.0800. The van der Waals surface area contributed by atoms with Crippen LogP contribution in [0.15, 0.2) is 77.1 Å². The molecule has 3 aromatic rings. The van der Waals surface area contributed by atoms with E-state index in [0.717, 1.165) is 17.0 Å². The second-order valence-electron chi connectivity index (χ2n) is 7.24. The van der Waals surface area contributed by atoms with Gasteiger partial charge in [-0.15, -0.1) is 5.10 Å². The van der Waals surface area contributed by atoms with E-state index in [4.69, 9.17) is 28.1 Å². The van der Waals surface area contributed by atoms with Gasteiger partial charge in [-0.25, -0.2) is 4.98 Å². The van der Waals surface area contributed by atoms with Gasteiger partial charge < -0.3 is 33.4 Å². The van der Waals surface area contributed by atoms with Crippen molar-refractivity contribution in [3.63, 3.8) is 0 Å². The maximum absolute atomic E-state index is 5.96. The number of rotatable bonds is 8. The number of ether oxygens (including phenoxy) is 5. The number of nitrogens with zero attached hydrogens (tertiary/aromatic N) is 3. The summed E-state index contributed by atoms with van der Waals surface area (Å²) in [6.45, 7) is 5.70. The third-order valence-corrected chi connectivity index (χ3v) is 4.85. The predicted octanol–water partition coefficient (Wildman–Crippen LogP) is 4.03. The summed E-state index contributed by atoms with van der Waals surface area (Å²) >= 11 is 0. The van der Waals surface area contributed by atoms with Crippen molar-refractivity contribution in [1.29, 1.82) is 0 Å². The fraction of sp³-hybridized carbons (Fsp3) is 0.208. The van der Waals surface area contributed by atoms with Crippen molar-refractivity contribution in [2.45, 2.75) is 0 Å². The lowest BCUT2D eigenvalue weighted by atomic mass is 10.2. The molecule has 4 heterocycles. The molecule has 2 aliphatic rings. The Bertz CT molecular complexity index is 1230. The number of nitrogens with one attached hydrogen (secondary N) is 1. The topological polar surface area (TPSA) is 110 Å². The van der Waals surface area contributed by atoms with E-state index in [0.29, 0.717) is 42.8 Å². The summed E-state index contributed by atoms with van der Waals surface area (Å²) in [4.78, 5) is 4.33. The largest absolute Gasteiger partial charge is 0.486 e. The summed E-state index contributed by atoms with van der Waals surface area (Å²) in [6.07, 6.45) is 7.00. The molecule has 34 heavy (non-hydrogen) atoms. The van der Waals surface area contributed by atoms with Gasteiger partial charge in [-0.05, 0) is 35.9 Å². The SMILES string of the molecule is C=C/C=C(\C=C1/COCO1)COc1ncccc1-c1nnc(Nc2ccc3c(c2)OCCO3)o1. The van der Waals surface area contributed by atoms with Crippen LogP contribution in [0.3, 0.4) is 0 Å². The highest BCUT2D eigenvalue weighted by molar-refractivity contribution is 5.62. The van der Waals surface area contributed by atoms with Crippen molar-refractivity contribution in [3.05, 3.63) is 72.7 Å². The molecule has 0 saturated carbocycles. The molecule has 0 aliphatic carbocycles. The summed E-state index contributed by atoms with van der Waals surface area (Å²) in [5.74, 6) is 2.71. The number of pyridine rings is 1. The highest BCUT2D eigenvalue weighted by Crippen LogP contribution is 2.34. The second kappa shape index (κ2) is 10.1. The minimum Gasteiger partial charge on any atom is -0.486 e. The summed E-state index contributed by atoms with van der Waals surface area (Å²) in [6, 6.07) is 9.28. The zero-order valence-corrected chi connectivity index (χ0v) is 18.2. The van der Waals surface area contributed by atoms with E-state index >= 15 is 0 Å². The van der Waals surface area contributed by atoms with E-state index in [1.807, 2.05) is 30.4 Å². The number of anilines is 2. The molecule has 0 amide bonds. The van der Waals surface area contributed by atoms with Crippen molar-refractivity contribution in [1.82, 2.24) is 15.2 Å². The predicted molar refractivity (Wildman–Crippen MR) is 122 cm³/mol. The Morgan fingerprint density at radius 2 is 2.03 bits per heavy atom. The van der Waals surface area contributed by atoms with Gasteiger partial charge in [0.05, 0.1) is 0 Å². The number of allylic oxidation sites excluding steroid dienone is 2. The van der Waals surface area contributed by atoms with Crippen LogP contribution in [0.1, 0.15) is 0 Å². The molecule has 1 fully saturated rings. The molecule has 2 aliphatic heterocycles. The van der Waals surface area contributed by atoms with Crippen LogP contribution in [0.25, 0.3) is 11.5 Å². The number of aromatic nitrogens is 3. The molecule has 1 aromatic carbocycles. The lowest BCUT2D eigenvalue weighted by Crippen LogP contribution is -2.15. The van der Waals surface area contributed by atoms with Gasteiger partial charge >= 0.3 is 6.01 Å². The van der Waals surface area contributed by atoms with Gasteiger partial charge in [-0.3, -0.25) is 0 Å². The van der Waals surface area contributed by atoms with Crippen LogP contribution in [-0.2, 0) is 9.47 Å². The van der Waals surface area contributed by atoms with Crippen LogP contribution < -0.4 is 19.5 Å². The minimum absolute atomic E-state index is 0.219. The molecular weight excluding hydrogens is 440 g/mol. The second-order valence-corrected chi connectivity index (χ2v) is 7.24. The Labute approximate surface area is 195 Å². The van der Waals surface area contributed by atoms with Gasteiger partial charge in [0.15, 0.2) is 18.3 Å². The van der Waals surface area contributed by atoms with Crippen LogP contribution in [0.4, 0.5) is 11.7 Å². The summed E-state index contributed by atoms with van der Waals surface area (Å²) < 4.78 is 33.5. The third-order valence-electron chi connectivity index (χ3n) is 4.85. The average molecular weight is 462 g/mol. The molecule has 5 rings (SSSR count). The van der Waals surface area contributed by atoms with Crippen LogP contribution in [0.5, 0.6) is 17.4 Å². The number of hydrogen-bond donors (Lipinski definition) is 1. The standard InChI is InChI=1S/C24H22N4O6/c1-2-4-16(11-18-14-29-15-33-18)13-32-22-19(5-3-8-25-22)23-27-28-24(34-23)26-17-6-7-20-21(12-17)31-10-9-30-20/h2-8,11-12H,1,9-10,13-15H2,(H,26,28)/b16-4+,18-11+. The molecule has 0 unspecified atom stereocenters. The summed E-state index contributed by atoms with van der Waals surface area (Å²) in [7, 11) is 0. The first-order valence-corrected chi connectivity index (χ1v) is 10.6. The molecule has 1 saturated heterocycles. The average Bonchev–Trinajstić information content (AvgIpc) is 3.55. The van der Waals surface area contributed by atoms with Gasteiger partial charge in [-0.2, -0.15) is 0 Å². The van der Waals surface area contributed by atoms with Gasteiger partial charge in [-0.1, -0.05) is 23.8 Å². The van der Waals surface area contributed by atoms with Crippen LogP contribution in [0, 0.1) is 0 Å². The Morgan fingerprint density at radius 3 is 2.88 bits per heavy atom. The molecule has 0 bridgehead atoms. The Hall–Kier alpha value is -4.31. The number of fused-ring (bicyclic) bond motifs is 1. The fourth-order valence-corrected chi connectivity index (χ4v) is 3.33. The zero-order valence-electron chi connectivity index (χ0n) is 18.2. The maximum atomic E-state index is 5.96. The first-order chi connectivity index (χ1) is 16.8. The molecule has 10 nitrogen and oxygen atoms in total. The maximum Gasteiger partial charge on any atom is 0.320 e. The Morgan fingerprint density at radius 1 is 1.12 bits per heavy atom. The molecule has 0 radical (unpaired) electrons. The van der Waals surface area contributed by atoms with Gasteiger partial charge in [0.2, 0.25) is 5.88 Å². The van der Waals surface area contributed by atoms with E-state index in [-0.39, 0.29) is 25.3 Å². The third kappa shape index (κ3) is 5.02. The fourth-order valence-electron chi connectivity index (χ4n) is 3.33. The van der Waals surface area contributed by atoms with Gasteiger partial charge in [0.25, 0.3) is 5.89 Å². The Kier molecular flexibility index (Phi) is 6.39. The first-order valence-electron chi connectivity index (χ1n) is 10.6. The number of benzene rings is 1. The van der Waals surface area contributed by atoms with E-state index in [1.165, 1.54) is 0 Å². The monoisotopic (exact) mass is 462 g/mol. The van der Waals surface area contributed by atoms with Crippen molar-refractivity contribution in [2.24, 2.45) is 0 Å². The van der Waals surface area contributed by atoms with E-state index in [1.54, 1.807) is 24.4 Å². The van der Waals surface area contributed by atoms with Crippen LogP contribution >= 0.6 is 0 Å². The quantitative estimate of drug-likeness (QED) is 0.493. The molecule has 10 heteroatoms. The molecular formula is C24H22N4O6. The van der Waals surface area contributed by atoms with Crippen molar-refractivity contribution >= 4 is 11.7 Å². The first kappa shape index (κ1) is 21.5. The molecule has 0 atom stereocenters. The van der Waals surface area contributed by atoms with Crippen molar-refractivity contribution < 1.29 is 28.1 Å². The smallest absolute Gasteiger partial charge is 0.320 e. The van der Waals surface area contributed by atoms with E-state index < -0.39 is 0 Å². The highest BCUT2D eigenvalue weighted by atomic mass is 16.7. The summed E-state index contributed by atoms with van der Waals surface area (Å²) in [5, 5.41) is 11.3. The van der Waals surface area contributed by atoms with Crippen molar-refractivity contribution in [3.8, 4) is 28.8 Å². The zero-order chi connectivity index (χ0) is 23.2. The van der Waals surface area contributed by atoms with Crippen LogP contribution in [-0.4, -0.2) is 48.4 Å². The number of hydrogen-bond acceptors (Lipinski definition) is 10. The molecule has 2 aromatic heterocycles. The van der Waals surface area contributed by atoms with Gasteiger partial charge in [0, 0.05) is 18.0 Å². The highest BCUT2D eigenvalue weighted by Gasteiger charge is 2.17. The van der Waals surface area contributed by atoms with Crippen molar-refractivity contribution in [2.75, 3.05) is 38.5 Å². The molecule has 174 valence electrons. The van der Waals surface area contributed by atoms with E-state index in [2.05, 4.69) is 27.1 Å². The van der Waals surface area contributed by atoms with Crippen LogP contribution in [0.2, 0.25) is 0 Å². The normalized spacial score (nSPS) is 16.2. The lowest BCUT2D eigenvalue weighted by Gasteiger charge is -2.18. The van der Waals surface area contributed by atoms with Gasteiger partial charge in [0.1, 0.15) is 37.8 Å². The molecule has 1 N–H and O–H groups in total.